The minimum Gasteiger partial charge on any atom is -0.434 e. The molecule has 0 unspecified atom stereocenters. The molecule has 8 heteroatoms. The Hall–Kier alpha value is -1.93. The van der Waals surface area contributed by atoms with E-state index in [1.807, 2.05) is 6.92 Å². The third-order valence-corrected chi connectivity index (χ3v) is 3.66. The first-order chi connectivity index (χ1) is 13.1. The van der Waals surface area contributed by atoms with Crippen LogP contribution >= 0.6 is 0 Å². The highest BCUT2D eigenvalue weighted by molar-refractivity contribution is 5.79. The monoisotopic (exact) mass is 387 g/mol. The molecule has 2 N–H and O–H groups in total. The fourth-order valence-corrected chi connectivity index (χ4v) is 2.27. The molecule has 27 heavy (non-hydrogen) atoms. The molecule has 0 bridgehead atoms. The van der Waals surface area contributed by atoms with E-state index in [-0.39, 0.29) is 5.75 Å². The van der Waals surface area contributed by atoms with Crippen molar-refractivity contribution in [3.63, 3.8) is 0 Å². The molecule has 0 fully saturated rings. The van der Waals surface area contributed by atoms with Crippen molar-refractivity contribution in [1.29, 1.82) is 0 Å². The van der Waals surface area contributed by atoms with E-state index in [0.717, 1.165) is 25.0 Å². The predicted molar refractivity (Wildman–Crippen MR) is 103 cm³/mol. The lowest BCUT2D eigenvalue weighted by Gasteiger charge is -2.15. The van der Waals surface area contributed by atoms with Crippen LogP contribution in [0.2, 0.25) is 0 Å². The first-order valence-corrected chi connectivity index (χ1v) is 9.21. The zero-order valence-electron chi connectivity index (χ0n) is 16.4. The maximum Gasteiger partial charge on any atom is 0.387 e. The predicted octanol–water partition coefficient (Wildman–Crippen LogP) is 3.09. The molecule has 0 amide bonds. The minimum absolute atomic E-state index is 0.157. The molecular formula is C19H31F2N3O3. The second kappa shape index (κ2) is 14.2. The van der Waals surface area contributed by atoms with Crippen LogP contribution < -0.4 is 15.4 Å². The average molecular weight is 387 g/mol. The molecule has 1 aromatic carbocycles. The molecule has 0 saturated heterocycles. The number of ether oxygens (including phenoxy) is 3. The van der Waals surface area contributed by atoms with E-state index < -0.39 is 6.61 Å². The van der Waals surface area contributed by atoms with Gasteiger partial charge in [-0.05, 0) is 19.4 Å². The van der Waals surface area contributed by atoms with Crippen LogP contribution in [-0.4, -0.2) is 52.6 Å². The van der Waals surface area contributed by atoms with Gasteiger partial charge >= 0.3 is 6.61 Å². The molecule has 1 rings (SSSR count). The van der Waals surface area contributed by atoms with E-state index in [1.54, 1.807) is 25.2 Å². The standard InChI is InChI=1S/C19H31F2N3O3/c1-4-5-9-25-11-12-26-10-8-23-19(22-3)24-14-16-13-15(2)6-7-17(16)27-18(20)21/h6-7,13,18H,4-5,8-12,14H2,1-3H3,(H2,22,23,24). The Morgan fingerprint density at radius 3 is 2.52 bits per heavy atom. The highest BCUT2D eigenvalue weighted by atomic mass is 19.3. The van der Waals surface area contributed by atoms with Gasteiger partial charge in [0.2, 0.25) is 0 Å². The van der Waals surface area contributed by atoms with Gasteiger partial charge in [-0.15, -0.1) is 0 Å². The SMILES string of the molecule is CCCCOCCOCCNC(=NC)NCc1cc(C)ccc1OC(F)F. The topological polar surface area (TPSA) is 64.1 Å². The van der Waals surface area contributed by atoms with E-state index in [1.165, 1.54) is 0 Å². The van der Waals surface area contributed by atoms with Crippen LogP contribution in [0.3, 0.4) is 0 Å². The van der Waals surface area contributed by atoms with Crippen molar-refractivity contribution in [2.45, 2.75) is 39.8 Å². The third-order valence-electron chi connectivity index (χ3n) is 3.66. The van der Waals surface area contributed by atoms with E-state index in [4.69, 9.17) is 9.47 Å². The number of nitrogens with zero attached hydrogens (tertiary/aromatic N) is 1. The molecular weight excluding hydrogens is 356 g/mol. The van der Waals surface area contributed by atoms with Crippen LogP contribution in [0.4, 0.5) is 8.78 Å². The molecule has 0 heterocycles. The van der Waals surface area contributed by atoms with Gasteiger partial charge < -0.3 is 24.8 Å². The maximum atomic E-state index is 12.5. The van der Waals surface area contributed by atoms with Gasteiger partial charge in [0.1, 0.15) is 5.75 Å². The van der Waals surface area contributed by atoms with Gasteiger partial charge in [-0.3, -0.25) is 4.99 Å². The van der Waals surface area contributed by atoms with Crippen molar-refractivity contribution >= 4 is 5.96 Å². The molecule has 1 aromatic rings. The number of benzene rings is 1. The van der Waals surface area contributed by atoms with Crippen molar-refractivity contribution in [2.75, 3.05) is 40.0 Å². The molecule has 0 radical (unpaired) electrons. The molecule has 0 saturated carbocycles. The van der Waals surface area contributed by atoms with Crippen LogP contribution in [0, 0.1) is 6.92 Å². The van der Waals surface area contributed by atoms with E-state index in [9.17, 15) is 8.78 Å². The lowest BCUT2D eigenvalue weighted by Crippen LogP contribution is -2.38. The second-order valence-electron chi connectivity index (χ2n) is 5.92. The third kappa shape index (κ3) is 10.7. The summed E-state index contributed by atoms with van der Waals surface area (Å²) in [5.74, 6) is 0.715. The minimum atomic E-state index is -2.85. The summed E-state index contributed by atoms with van der Waals surface area (Å²) < 4.78 is 40.5. The number of aliphatic imine (C=N–C) groups is 1. The Balaban J connectivity index is 2.29. The Bertz CT molecular complexity index is 557. The summed E-state index contributed by atoms with van der Waals surface area (Å²) in [6.07, 6.45) is 2.18. The summed E-state index contributed by atoms with van der Waals surface area (Å²) in [5, 5.41) is 6.20. The van der Waals surface area contributed by atoms with Gasteiger partial charge in [0.25, 0.3) is 0 Å². The average Bonchev–Trinajstić information content (AvgIpc) is 2.64. The number of aryl methyl sites for hydroxylation is 1. The molecule has 6 nitrogen and oxygen atoms in total. The zero-order chi connectivity index (χ0) is 19.9. The molecule has 0 spiro atoms. The summed E-state index contributed by atoms with van der Waals surface area (Å²) in [4.78, 5) is 4.11. The lowest BCUT2D eigenvalue weighted by molar-refractivity contribution is -0.0504. The number of rotatable bonds is 13. The first-order valence-electron chi connectivity index (χ1n) is 9.21. The van der Waals surface area contributed by atoms with E-state index in [2.05, 4.69) is 27.3 Å². The number of halogens is 2. The van der Waals surface area contributed by atoms with Crippen molar-refractivity contribution in [1.82, 2.24) is 10.6 Å². The van der Waals surface area contributed by atoms with Crippen LogP contribution in [0.1, 0.15) is 30.9 Å². The summed E-state index contributed by atoms with van der Waals surface area (Å²) in [7, 11) is 1.64. The molecule has 154 valence electrons. The van der Waals surface area contributed by atoms with E-state index in [0.29, 0.717) is 44.4 Å². The van der Waals surface area contributed by atoms with Crippen LogP contribution in [0.25, 0.3) is 0 Å². The van der Waals surface area contributed by atoms with Crippen molar-refractivity contribution < 1.29 is 23.0 Å². The highest BCUT2D eigenvalue weighted by Gasteiger charge is 2.10. The summed E-state index contributed by atoms with van der Waals surface area (Å²) in [6, 6.07) is 5.09. The zero-order valence-corrected chi connectivity index (χ0v) is 16.4. The van der Waals surface area contributed by atoms with Gasteiger partial charge in [0.15, 0.2) is 5.96 Å². The number of unbranched alkanes of at least 4 members (excludes halogenated alkanes) is 1. The first kappa shape index (κ1) is 23.1. The molecule has 0 aliphatic heterocycles. The largest absolute Gasteiger partial charge is 0.434 e. The van der Waals surface area contributed by atoms with Gasteiger partial charge in [-0.2, -0.15) is 8.78 Å². The Kier molecular flexibility index (Phi) is 12.1. The van der Waals surface area contributed by atoms with E-state index >= 15 is 0 Å². The fourth-order valence-electron chi connectivity index (χ4n) is 2.27. The molecule has 0 atom stereocenters. The van der Waals surface area contributed by atoms with Crippen molar-refractivity contribution in [3.05, 3.63) is 29.3 Å². The highest BCUT2D eigenvalue weighted by Crippen LogP contribution is 2.21. The van der Waals surface area contributed by atoms with Crippen molar-refractivity contribution in [3.8, 4) is 5.75 Å². The Morgan fingerprint density at radius 1 is 1.11 bits per heavy atom. The van der Waals surface area contributed by atoms with Gasteiger partial charge in [0, 0.05) is 32.3 Å². The number of guanidine groups is 1. The number of hydrogen-bond acceptors (Lipinski definition) is 4. The van der Waals surface area contributed by atoms with Gasteiger partial charge in [-0.1, -0.05) is 31.0 Å². The molecule has 0 aliphatic carbocycles. The maximum absolute atomic E-state index is 12.5. The summed E-state index contributed by atoms with van der Waals surface area (Å²) in [6.45, 7) is 4.48. The van der Waals surface area contributed by atoms with Crippen LogP contribution in [0.5, 0.6) is 5.75 Å². The quantitative estimate of drug-likeness (QED) is 0.309. The van der Waals surface area contributed by atoms with Crippen molar-refractivity contribution in [2.24, 2.45) is 4.99 Å². The van der Waals surface area contributed by atoms with Gasteiger partial charge in [-0.25, -0.2) is 0 Å². The second-order valence-corrected chi connectivity index (χ2v) is 5.92. The number of alkyl halides is 2. The lowest BCUT2D eigenvalue weighted by atomic mass is 10.1. The summed E-state index contributed by atoms with van der Waals surface area (Å²) >= 11 is 0. The van der Waals surface area contributed by atoms with Crippen LogP contribution in [-0.2, 0) is 16.0 Å². The fraction of sp³-hybridized carbons (Fsp3) is 0.632. The summed E-state index contributed by atoms with van der Waals surface area (Å²) in [5.41, 5.74) is 1.60. The smallest absolute Gasteiger partial charge is 0.387 e. The Morgan fingerprint density at radius 2 is 1.85 bits per heavy atom. The number of hydrogen-bond donors (Lipinski definition) is 2. The van der Waals surface area contributed by atoms with Gasteiger partial charge in [0.05, 0.1) is 19.8 Å². The Labute approximate surface area is 160 Å². The van der Waals surface area contributed by atoms with Crippen LogP contribution in [0.15, 0.2) is 23.2 Å². The normalized spacial score (nSPS) is 11.7. The molecule has 0 aliphatic rings. The number of nitrogens with one attached hydrogen (secondary N) is 2. The molecule has 0 aromatic heterocycles.